The van der Waals surface area contributed by atoms with E-state index in [0.29, 0.717) is 0 Å². The van der Waals surface area contributed by atoms with Crippen LogP contribution in [0.2, 0.25) is 0 Å². The highest BCUT2D eigenvalue weighted by Gasteiger charge is 2.21. The van der Waals surface area contributed by atoms with Crippen LogP contribution in [-0.4, -0.2) is 40.4 Å². The topological polar surface area (TPSA) is 43.7 Å². The zero-order valence-electron chi connectivity index (χ0n) is 17.1. The maximum Gasteiger partial charge on any atom is 0.0540 e. The van der Waals surface area contributed by atoms with Crippen molar-refractivity contribution in [3.05, 3.63) is 35.9 Å². The van der Waals surface area contributed by atoms with Crippen molar-refractivity contribution in [2.24, 2.45) is 0 Å². The Labute approximate surface area is 161 Å². The van der Waals surface area contributed by atoms with Gasteiger partial charge in [0, 0.05) is 19.2 Å². The van der Waals surface area contributed by atoms with Crippen molar-refractivity contribution in [2.75, 3.05) is 13.2 Å². The molecule has 26 heavy (non-hydrogen) atoms. The number of likely N-dealkylation sites (tertiary alicyclic amines) is 1. The van der Waals surface area contributed by atoms with Crippen molar-refractivity contribution in [3.8, 4) is 0 Å². The predicted molar refractivity (Wildman–Crippen MR) is 111 cm³/mol. The summed E-state index contributed by atoms with van der Waals surface area (Å²) < 4.78 is 0. The molecule has 0 bridgehead atoms. The number of hydrogen-bond acceptors (Lipinski definition) is 3. The lowest BCUT2D eigenvalue weighted by atomic mass is 9.97. The molecule has 0 aliphatic carbocycles. The molecule has 0 radical (unpaired) electrons. The second-order valence-corrected chi connectivity index (χ2v) is 7.56. The summed E-state index contributed by atoms with van der Waals surface area (Å²) in [6.07, 6.45) is 11.3. The van der Waals surface area contributed by atoms with Gasteiger partial charge in [-0.1, -0.05) is 63.4 Å². The highest BCUT2D eigenvalue weighted by atomic mass is 16.3. The van der Waals surface area contributed by atoms with Gasteiger partial charge in [-0.2, -0.15) is 0 Å². The van der Waals surface area contributed by atoms with Crippen LogP contribution in [0.3, 0.4) is 0 Å². The van der Waals surface area contributed by atoms with Crippen molar-refractivity contribution in [3.63, 3.8) is 0 Å². The van der Waals surface area contributed by atoms with Crippen LogP contribution < -0.4 is 0 Å². The minimum Gasteiger partial charge on any atom is -0.396 e. The standard InChI is InChI=1S/C15H23N.C8H18O2/c1-2-8-15-11-6-7-12-16(15)13-14-9-4-3-5-10-14;1-2-5-8(10)6-3-4-7-9/h3-5,9-10,15H,2,6-8,11-13H2,1H3;8-10H,2-7H2,1H3/t15-;8-/m10/s1. The van der Waals surface area contributed by atoms with E-state index in [4.69, 9.17) is 5.11 Å². The lowest BCUT2D eigenvalue weighted by molar-refractivity contribution is 0.131. The first-order valence-electron chi connectivity index (χ1n) is 10.8. The Bertz CT molecular complexity index is 421. The number of benzene rings is 1. The Morgan fingerprint density at radius 3 is 2.46 bits per heavy atom. The van der Waals surface area contributed by atoms with Crippen molar-refractivity contribution >= 4 is 0 Å². The molecule has 1 saturated heterocycles. The van der Waals surface area contributed by atoms with E-state index in [1.807, 2.05) is 0 Å². The summed E-state index contributed by atoms with van der Waals surface area (Å²) in [5, 5.41) is 17.6. The van der Waals surface area contributed by atoms with Crippen LogP contribution >= 0.6 is 0 Å². The molecule has 2 atom stereocenters. The lowest BCUT2D eigenvalue weighted by Crippen LogP contribution is -2.38. The first-order chi connectivity index (χ1) is 12.7. The average Bonchev–Trinajstić information content (AvgIpc) is 2.65. The summed E-state index contributed by atoms with van der Waals surface area (Å²) in [6, 6.07) is 11.7. The van der Waals surface area contributed by atoms with E-state index in [9.17, 15) is 5.11 Å². The zero-order valence-corrected chi connectivity index (χ0v) is 17.1. The Morgan fingerprint density at radius 2 is 1.81 bits per heavy atom. The fraction of sp³-hybridized carbons (Fsp3) is 0.739. The van der Waals surface area contributed by atoms with Gasteiger partial charge < -0.3 is 10.2 Å². The van der Waals surface area contributed by atoms with Gasteiger partial charge in [0.25, 0.3) is 0 Å². The Morgan fingerprint density at radius 1 is 1.04 bits per heavy atom. The fourth-order valence-electron chi connectivity index (χ4n) is 3.72. The lowest BCUT2D eigenvalue weighted by Gasteiger charge is -2.35. The summed E-state index contributed by atoms with van der Waals surface area (Å²) >= 11 is 0. The molecule has 1 aliphatic rings. The summed E-state index contributed by atoms with van der Waals surface area (Å²) in [6.45, 7) is 7.05. The van der Waals surface area contributed by atoms with Crippen LogP contribution in [0.15, 0.2) is 30.3 Å². The Balaban J connectivity index is 0.000000294. The van der Waals surface area contributed by atoms with Crippen molar-refractivity contribution in [2.45, 2.75) is 96.7 Å². The van der Waals surface area contributed by atoms with E-state index in [2.05, 4.69) is 49.1 Å². The molecule has 150 valence electrons. The van der Waals surface area contributed by atoms with Crippen LogP contribution in [-0.2, 0) is 6.54 Å². The summed E-state index contributed by atoms with van der Waals surface area (Å²) in [5.74, 6) is 0. The number of piperidine rings is 1. The molecule has 3 heteroatoms. The third kappa shape index (κ3) is 10.3. The van der Waals surface area contributed by atoms with E-state index in [0.717, 1.165) is 44.7 Å². The van der Waals surface area contributed by atoms with Gasteiger partial charge in [-0.3, -0.25) is 4.90 Å². The molecule has 0 aromatic heterocycles. The summed E-state index contributed by atoms with van der Waals surface area (Å²) in [4.78, 5) is 2.68. The minimum atomic E-state index is -0.142. The van der Waals surface area contributed by atoms with Crippen molar-refractivity contribution in [1.82, 2.24) is 4.90 Å². The SMILES string of the molecule is CCC[C@@H]1CCCCN1Cc1ccccc1.CCC[C@H](O)CCCCO. The van der Waals surface area contributed by atoms with Crippen LogP contribution in [0.25, 0.3) is 0 Å². The van der Waals surface area contributed by atoms with Crippen LogP contribution in [0.1, 0.15) is 83.6 Å². The maximum atomic E-state index is 9.19. The summed E-state index contributed by atoms with van der Waals surface area (Å²) in [5.41, 5.74) is 1.46. The molecule has 1 aliphatic heterocycles. The second kappa shape index (κ2) is 15.2. The zero-order chi connectivity index (χ0) is 19.0. The normalized spacial score (nSPS) is 18.8. The third-order valence-corrected chi connectivity index (χ3v) is 5.17. The number of rotatable bonds is 10. The van der Waals surface area contributed by atoms with E-state index in [1.54, 1.807) is 0 Å². The van der Waals surface area contributed by atoms with Gasteiger partial charge in [0.2, 0.25) is 0 Å². The molecule has 3 nitrogen and oxygen atoms in total. The number of unbranched alkanes of at least 4 members (excludes halogenated alkanes) is 1. The molecule has 2 rings (SSSR count). The molecule has 1 heterocycles. The second-order valence-electron chi connectivity index (χ2n) is 7.56. The van der Waals surface area contributed by atoms with E-state index in [-0.39, 0.29) is 12.7 Å². The minimum absolute atomic E-state index is 0.142. The largest absolute Gasteiger partial charge is 0.396 e. The quantitative estimate of drug-likeness (QED) is 0.565. The van der Waals surface area contributed by atoms with Gasteiger partial charge in [0.05, 0.1) is 6.10 Å². The number of nitrogens with zero attached hydrogens (tertiary/aromatic N) is 1. The van der Waals surface area contributed by atoms with Crippen LogP contribution in [0, 0.1) is 0 Å². The molecular formula is C23H41NO2. The van der Waals surface area contributed by atoms with E-state index >= 15 is 0 Å². The fourth-order valence-corrected chi connectivity index (χ4v) is 3.72. The van der Waals surface area contributed by atoms with Gasteiger partial charge in [-0.25, -0.2) is 0 Å². The van der Waals surface area contributed by atoms with E-state index in [1.165, 1.54) is 44.2 Å². The highest BCUT2D eigenvalue weighted by Crippen LogP contribution is 2.22. The molecule has 0 amide bonds. The molecule has 0 saturated carbocycles. The summed E-state index contributed by atoms with van der Waals surface area (Å²) in [7, 11) is 0. The van der Waals surface area contributed by atoms with Crippen molar-refractivity contribution in [1.29, 1.82) is 0 Å². The molecule has 1 fully saturated rings. The highest BCUT2D eigenvalue weighted by molar-refractivity contribution is 5.14. The maximum absolute atomic E-state index is 9.19. The molecular weight excluding hydrogens is 322 g/mol. The average molecular weight is 364 g/mol. The van der Waals surface area contributed by atoms with Gasteiger partial charge in [0.1, 0.15) is 0 Å². The predicted octanol–water partition coefficient (Wildman–Crippen LogP) is 5.15. The molecule has 0 spiro atoms. The van der Waals surface area contributed by atoms with Gasteiger partial charge in [0.15, 0.2) is 0 Å². The molecule has 1 aromatic carbocycles. The van der Waals surface area contributed by atoms with Gasteiger partial charge in [-0.15, -0.1) is 0 Å². The van der Waals surface area contributed by atoms with E-state index < -0.39 is 0 Å². The van der Waals surface area contributed by atoms with Crippen molar-refractivity contribution < 1.29 is 10.2 Å². The number of aliphatic hydroxyl groups is 2. The first kappa shape index (κ1) is 23.1. The number of hydrogen-bond donors (Lipinski definition) is 2. The molecule has 2 N–H and O–H groups in total. The monoisotopic (exact) mass is 363 g/mol. The Hall–Kier alpha value is -0.900. The Kier molecular flexibility index (Phi) is 13.5. The van der Waals surface area contributed by atoms with Crippen LogP contribution in [0.4, 0.5) is 0 Å². The molecule has 0 unspecified atom stereocenters. The first-order valence-corrected chi connectivity index (χ1v) is 10.8. The number of aliphatic hydroxyl groups excluding tert-OH is 2. The van der Waals surface area contributed by atoms with Gasteiger partial charge >= 0.3 is 0 Å². The molecule has 1 aromatic rings. The van der Waals surface area contributed by atoms with Gasteiger partial charge in [-0.05, 0) is 57.1 Å². The third-order valence-electron chi connectivity index (χ3n) is 5.17. The smallest absolute Gasteiger partial charge is 0.0540 e. The van der Waals surface area contributed by atoms with Crippen LogP contribution in [0.5, 0.6) is 0 Å².